The van der Waals surface area contributed by atoms with Gasteiger partial charge >= 0.3 is 0 Å². The molecule has 0 atom stereocenters. The minimum Gasteiger partial charge on any atom is -0.497 e. The normalized spacial score (nSPS) is 14.7. The molecule has 0 bridgehead atoms. The Hall–Kier alpha value is -2.48. The van der Waals surface area contributed by atoms with Crippen molar-refractivity contribution in [2.24, 2.45) is 0 Å². The van der Waals surface area contributed by atoms with Crippen LogP contribution in [0.2, 0.25) is 0 Å². The van der Waals surface area contributed by atoms with E-state index < -0.39 is 0 Å². The van der Waals surface area contributed by atoms with Gasteiger partial charge in [-0.05, 0) is 17.7 Å². The summed E-state index contributed by atoms with van der Waals surface area (Å²) in [5, 5.41) is 0.760. The van der Waals surface area contributed by atoms with E-state index in [0.717, 1.165) is 65.9 Å². The van der Waals surface area contributed by atoms with Gasteiger partial charge in [0.1, 0.15) is 18.8 Å². The van der Waals surface area contributed by atoms with E-state index in [0.29, 0.717) is 13.0 Å². The Morgan fingerprint density at radius 2 is 2.00 bits per heavy atom. The number of rotatable bonds is 8. The second-order valence-corrected chi connectivity index (χ2v) is 8.51. The molecule has 1 saturated heterocycles. The van der Waals surface area contributed by atoms with Crippen LogP contribution in [-0.2, 0) is 16.0 Å². The van der Waals surface area contributed by atoms with Gasteiger partial charge in [-0.25, -0.2) is 4.98 Å². The van der Waals surface area contributed by atoms with Gasteiger partial charge in [0, 0.05) is 19.0 Å². The third kappa shape index (κ3) is 5.16. The lowest BCUT2D eigenvalue weighted by Gasteiger charge is -2.25. The summed E-state index contributed by atoms with van der Waals surface area (Å²) in [4.78, 5) is 21.4. The van der Waals surface area contributed by atoms with Crippen LogP contribution in [0, 0.1) is 0 Å². The number of nitrogens with one attached hydrogen (secondary N) is 1. The van der Waals surface area contributed by atoms with Crippen molar-refractivity contribution in [2.75, 3.05) is 51.4 Å². The summed E-state index contributed by atoms with van der Waals surface area (Å²) >= 11 is 1.56. The summed E-state index contributed by atoms with van der Waals surface area (Å²) in [6.07, 6.45) is 1.32. The van der Waals surface area contributed by atoms with Gasteiger partial charge in [0.05, 0.1) is 43.5 Å². The summed E-state index contributed by atoms with van der Waals surface area (Å²) < 4.78 is 11.8. The number of anilines is 1. The molecule has 6 nitrogen and oxygen atoms in total. The maximum atomic E-state index is 13.2. The lowest BCUT2D eigenvalue weighted by molar-refractivity contribution is -0.908. The van der Waals surface area contributed by atoms with E-state index >= 15 is 0 Å². The Kier molecular flexibility index (Phi) is 6.94. The van der Waals surface area contributed by atoms with Crippen LogP contribution in [0.4, 0.5) is 5.13 Å². The van der Waals surface area contributed by atoms with Crippen molar-refractivity contribution in [3.63, 3.8) is 0 Å². The van der Waals surface area contributed by atoms with Crippen molar-refractivity contribution in [3.05, 3.63) is 54.1 Å². The summed E-state index contributed by atoms with van der Waals surface area (Å²) in [6, 6.07) is 15.8. The number of benzene rings is 2. The maximum Gasteiger partial charge on any atom is 0.233 e. The molecule has 158 valence electrons. The van der Waals surface area contributed by atoms with E-state index in [1.807, 2.05) is 53.4 Å². The number of fused-ring (bicyclic) bond motifs is 1. The van der Waals surface area contributed by atoms with E-state index in [1.54, 1.807) is 23.3 Å². The third-order valence-corrected chi connectivity index (χ3v) is 6.48. The zero-order valence-corrected chi connectivity index (χ0v) is 18.1. The van der Waals surface area contributed by atoms with Gasteiger partial charge in [0.2, 0.25) is 5.91 Å². The number of amides is 1. The first kappa shape index (κ1) is 20.8. The molecule has 7 heteroatoms. The predicted molar refractivity (Wildman–Crippen MR) is 120 cm³/mol. The Morgan fingerprint density at radius 1 is 1.20 bits per heavy atom. The largest absolute Gasteiger partial charge is 0.497 e. The number of quaternary nitrogens is 1. The first-order valence-electron chi connectivity index (χ1n) is 10.4. The first-order chi connectivity index (χ1) is 14.7. The van der Waals surface area contributed by atoms with Gasteiger partial charge < -0.3 is 14.4 Å². The number of ether oxygens (including phenoxy) is 2. The molecule has 1 aromatic heterocycles. The lowest BCUT2D eigenvalue weighted by Crippen LogP contribution is -3.14. The average Bonchev–Trinajstić information content (AvgIpc) is 3.20. The van der Waals surface area contributed by atoms with Crippen LogP contribution in [0.3, 0.4) is 0 Å². The number of hydrogen-bond donors (Lipinski definition) is 1. The maximum absolute atomic E-state index is 13.2. The summed E-state index contributed by atoms with van der Waals surface area (Å²) in [5.41, 5.74) is 1.89. The van der Waals surface area contributed by atoms with Crippen molar-refractivity contribution in [1.29, 1.82) is 0 Å². The van der Waals surface area contributed by atoms with E-state index in [-0.39, 0.29) is 5.91 Å². The van der Waals surface area contributed by atoms with Crippen LogP contribution in [0.1, 0.15) is 12.0 Å². The van der Waals surface area contributed by atoms with E-state index in [2.05, 4.69) is 0 Å². The van der Waals surface area contributed by atoms with Crippen molar-refractivity contribution in [1.82, 2.24) is 4.98 Å². The van der Waals surface area contributed by atoms with Crippen LogP contribution in [0.5, 0.6) is 5.75 Å². The van der Waals surface area contributed by atoms with Crippen LogP contribution < -0.4 is 14.5 Å². The number of carbonyl (C=O) groups excluding carboxylic acids is 1. The molecule has 30 heavy (non-hydrogen) atoms. The Morgan fingerprint density at radius 3 is 2.77 bits per heavy atom. The molecule has 0 unspecified atom stereocenters. The Labute approximate surface area is 181 Å². The SMILES string of the molecule is COc1ccc2sc(N(CCC[NH+]3CCOCC3)C(=O)Cc3ccccc3)nc2c1. The number of nitrogens with zero attached hydrogens (tertiary/aromatic N) is 2. The highest BCUT2D eigenvalue weighted by molar-refractivity contribution is 7.22. The second-order valence-electron chi connectivity index (χ2n) is 7.50. The zero-order valence-electron chi connectivity index (χ0n) is 17.3. The molecule has 1 aliphatic heterocycles. The summed E-state index contributed by atoms with van der Waals surface area (Å²) in [5.74, 6) is 0.863. The number of hydrogen-bond acceptors (Lipinski definition) is 5. The zero-order chi connectivity index (χ0) is 20.8. The molecule has 3 aromatic rings. The Bertz CT molecular complexity index is 970. The number of morpholine rings is 1. The average molecular weight is 427 g/mol. The van der Waals surface area contributed by atoms with Gasteiger partial charge in [0.25, 0.3) is 0 Å². The van der Waals surface area contributed by atoms with Gasteiger partial charge in [-0.3, -0.25) is 9.69 Å². The highest BCUT2D eigenvalue weighted by atomic mass is 32.1. The molecule has 4 rings (SSSR count). The Balaban J connectivity index is 1.51. The molecule has 0 spiro atoms. The highest BCUT2D eigenvalue weighted by Gasteiger charge is 2.21. The summed E-state index contributed by atoms with van der Waals surface area (Å²) in [7, 11) is 1.65. The number of aromatic nitrogens is 1. The second kappa shape index (κ2) is 10.0. The van der Waals surface area contributed by atoms with Crippen molar-refractivity contribution < 1.29 is 19.2 Å². The molecule has 0 saturated carbocycles. The van der Waals surface area contributed by atoms with Gasteiger partial charge in [0.15, 0.2) is 5.13 Å². The number of methoxy groups -OCH3 is 1. The third-order valence-electron chi connectivity index (χ3n) is 5.43. The smallest absolute Gasteiger partial charge is 0.233 e. The fraction of sp³-hybridized carbons (Fsp3) is 0.391. The van der Waals surface area contributed by atoms with Crippen molar-refractivity contribution in [3.8, 4) is 5.75 Å². The fourth-order valence-corrected chi connectivity index (χ4v) is 4.72. The number of carbonyl (C=O) groups is 1. The molecule has 1 aliphatic rings. The first-order valence-corrected chi connectivity index (χ1v) is 11.2. The molecule has 2 aromatic carbocycles. The van der Waals surface area contributed by atoms with E-state index in [1.165, 1.54) is 0 Å². The molecule has 0 radical (unpaired) electrons. The van der Waals surface area contributed by atoms with E-state index in [9.17, 15) is 4.79 Å². The van der Waals surface area contributed by atoms with Crippen molar-refractivity contribution in [2.45, 2.75) is 12.8 Å². The standard InChI is InChI=1S/C23H27N3O3S/c1-28-19-8-9-21-20(17-19)24-23(30-21)26(11-5-10-25-12-14-29-15-13-25)22(27)16-18-6-3-2-4-7-18/h2-4,6-9,17H,5,10-16H2,1H3/p+1. The van der Waals surface area contributed by atoms with Crippen LogP contribution in [0.25, 0.3) is 10.2 Å². The molecule has 1 amide bonds. The molecule has 2 heterocycles. The fourth-order valence-electron chi connectivity index (χ4n) is 3.73. The van der Waals surface area contributed by atoms with E-state index in [4.69, 9.17) is 14.5 Å². The summed E-state index contributed by atoms with van der Waals surface area (Å²) in [6.45, 7) is 5.44. The molecule has 1 fully saturated rings. The monoisotopic (exact) mass is 426 g/mol. The van der Waals surface area contributed by atoms with Crippen molar-refractivity contribution >= 4 is 32.6 Å². The molecular weight excluding hydrogens is 398 g/mol. The minimum atomic E-state index is 0.0872. The minimum absolute atomic E-state index is 0.0872. The quantitative estimate of drug-likeness (QED) is 0.600. The van der Waals surface area contributed by atoms with Gasteiger partial charge in [-0.1, -0.05) is 41.7 Å². The van der Waals surface area contributed by atoms with Gasteiger partial charge in [-0.2, -0.15) is 0 Å². The lowest BCUT2D eigenvalue weighted by atomic mass is 10.1. The van der Waals surface area contributed by atoms with Crippen LogP contribution in [-0.4, -0.2) is 57.4 Å². The van der Waals surface area contributed by atoms with Gasteiger partial charge in [-0.15, -0.1) is 0 Å². The highest BCUT2D eigenvalue weighted by Crippen LogP contribution is 2.31. The molecule has 1 N–H and O–H groups in total. The topological polar surface area (TPSA) is 56.1 Å². The molecular formula is C23H28N3O3S+. The predicted octanol–water partition coefficient (Wildman–Crippen LogP) is 2.19. The van der Waals surface area contributed by atoms with Crippen LogP contribution >= 0.6 is 11.3 Å². The molecule has 0 aliphatic carbocycles. The van der Waals surface area contributed by atoms with Crippen LogP contribution in [0.15, 0.2) is 48.5 Å². The number of thiazole rings is 1.